The van der Waals surface area contributed by atoms with E-state index in [0.29, 0.717) is 0 Å². The number of amides is 1. The maximum atomic E-state index is 11.4. The molecule has 1 aromatic rings. The van der Waals surface area contributed by atoms with Crippen molar-refractivity contribution in [1.82, 2.24) is 15.3 Å². The van der Waals surface area contributed by atoms with Crippen molar-refractivity contribution in [3.8, 4) is 0 Å². The third kappa shape index (κ3) is 3.28. The van der Waals surface area contributed by atoms with Gasteiger partial charge in [0.05, 0.1) is 12.7 Å². The molecule has 1 rings (SSSR count). The van der Waals surface area contributed by atoms with Crippen LogP contribution in [0.2, 0.25) is 0 Å². The van der Waals surface area contributed by atoms with E-state index in [1.165, 1.54) is 25.7 Å². The molecule has 0 saturated heterocycles. The highest BCUT2D eigenvalue weighted by Crippen LogP contribution is 1.92. The Hall–Kier alpha value is -2.02. The Morgan fingerprint density at radius 1 is 1.56 bits per heavy atom. The first-order chi connectivity index (χ1) is 7.65. The molecule has 0 bridgehead atoms. The van der Waals surface area contributed by atoms with Gasteiger partial charge in [-0.15, -0.1) is 0 Å². The molecular weight excluding hydrogens is 214 g/mol. The van der Waals surface area contributed by atoms with Gasteiger partial charge in [-0.1, -0.05) is 0 Å². The summed E-state index contributed by atoms with van der Waals surface area (Å²) in [6.45, 7) is -0.124. The second-order valence-corrected chi connectivity index (χ2v) is 2.86. The number of carboxylic acid groups (broad SMARTS) is 1. The lowest BCUT2D eigenvalue weighted by molar-refractivity contribution is -0.148. The average Bonchev–Trinajstić information content (AvgIpc) is 2.30. The number of aliphatic carboxylic acids is 1. The van der Waals surface area contributed by atoms with E-state index in [-0.39, 0.29) is 12.2 Å². The van der Waals surface area contributed by atoms with Gasteiger partial charge in [0.15, 0.2) is 6.10 Å². The minimum absolute atomic E-state index is 0.124. The molecule has 1 amide bonds. The minimum atomic E-state index is -1.14. The van der Waals surface area contributed by atoms with E-state index in [2.05, 4.69) is 20.0 Å². The van der Waals surface area contributed by atoms with Crippen LogP contribution < -0.4 is 5.32 Å². The number of rotatable bonds is 5. The van der Waals surface area contributed by atoms with Gasteiger partial charge < -0.3 is 15.2 Å². The average molecular weight is 225 g/mol. The number of carbonyl (C=O) groups excluding carboxylic acids is 1. The topological polar surface area (TPSA) is 101 Å². The lowest BCUT2D eigenvalue weighted by Crippen LogP contribution is -2.38. The van der Waals surface area contributed by atoms with Crippen molar-refractivity contribution >= 4 is 11.9 Å². The summed E-state index contributed by atoms with van der Waals surface area (Å²) in [5.41, 5.74) is 0.128. The Morgan fingerprint density at radius 3 is 2.81 bits per heavy atom. The molecule has 1 aromatic heterocycles. The van der Waals surface area contributed by atoms with E-state index in [9.17, 15) is 9.59 Å². The van der Waals surface area contributed by atoms with Crippen LogP contribution in [0.3, 0.4) is 0 Å². The number of carbonyl (C=O) groups is 2. The summed E-state index contributed by atoms with van der Waals surface area (Å²) in [5.74, 6) is -1.63. The molecule has 0 fully saturated rings. The molecule has 2 N–H and O–H groups in total. The fourth-order valence-electron chi connectivity index (χ4n) is 0.964. The molecule has 1 atom stereocenters. The largest absolute Gasteiger partial charge is 0.479 e. The monoisotopic (exact) mass is 225 g/mol. The molecule has 0 aliphatic heterocycles. The van der Waals surface area contributed by atoms with Crippen molar-refractivity contribution in [1.29, 1.82) is 0 Å². The van der Waals surface area contributed by atoms with Crippen LogP contribution in [0.15, 0.2) is 18.6 Å². The lowest BCUT2D eigenvalue weighted by Gasteiger charge is -2.10. The number of ether oxygens (including phenoxy) is 1. The van der Waals surface area contributed by atoms with Crippen molar-refractivity contribution in [2.24, 2.45) is 0 Å². The first-order valence-corrected chi connectivity index (χ1v) is 4.45. The van der Waals surface area contributed by atoms with Gasteiger partial charge in [0.25, 0.3) is 5.91 Å². The number of hydrogen-bond acceptors (Lipinski definition) is 5. The molecular formula is C9H11N3O4. The van der Waals surface area contributed by atoms with E-state index in [1.807, 2.05) is 0 Å². The van der Waals surface area contributed by atoms with Gasteiger partial charge in [0.2, 0.25) is 0 Å². The second kappa shape index (κ2) is 5.76. The molecule has 0 aliphatic rings. The predicted octanol–water partition coefficient (Wildman–Crippen LogP) is -0.694. The van der Waals surface area contributed by atoms with Crippen LogP contribution in [-0.2, 0) is 9.53 Å². The minimum Gasteiger partial charge on any atom is -0.479 e. The van der Waals surface area contributed by atoms with Crippen molar-refractivity contribution in [3.63, 3.8) is 0 Å². The van der Waals surface area contributed by atoms with Gasteiger partial charge >= 0.3 is 5.97 Å². The SMILES string of the molecule is COC(CNC(=O)c1cnccn1)C(=O)O. The van der Waals surface area contributed by atoms with E-state index < -0.39 is 18.0 Å². The Morgan fingerprint density at radius 2 is 2.31 bits per heavy atom. The van der Waals surface area contributed by atoms with Crippen LogP contribution in [0.25, 0.3) is 0 Å². The zero-order valence-electron chi connectivity index (χ0n) is 8.58. The highest BCUT2D eigenvalue weighted by Gasteiger charge is 2.17. The van der Waals surface area contributed by atoms with Crippen molar-refractivity contribution < 1.29 is 19.4 Å². The molecule has 0 aromatic carbocycles. The third-order valence-corrected chi connectivity index (χ3v) is 1.80. The summed E-state index contributed by atoms with van der Waals surface area (Å²) in [6.07, 6.45) is 3.03. The predicted molar refractivity (Wildman–Crippen MR) is 52.8 cm³/mol. The quantitative estimate of drug-likeness (QED) is 0.687. The summed E-state index contributed by atoms with van der Waals surface area (Å²) in [6, 6.07) is 0. The Labute approximate surface area is 91.5 Å². The maximum Gasteiger partial charge on any atom is 0.334 e. The molecule has 1 unspecified atom stereocenters. The van der Waals surface area contributed by atoms with Crippen molar-refractivity contribution in [3.05, 3.63) is 24.3 Å². The molecule has 0 radical (unpaired) electrons. The molecule has 86 valence electrons. The molecule has 1 heterocycles. The molecule has 0 spiro atoms. The summed E-state index contributed by atoms with van der Waals surface area (Å²) in [5, 5.41) is 11.0. The Kier molecular flexibility index (Phi) is 4.34. The highest BCUT2D eigenvalue weighted by molar-refractivity contribution is 5.92. The molecule has 16 heavy (non-hydrogen) atoms. The van der Waals surface area contributed by atoms with Gasteiger partial charge in [-0.25, -0.2) is 9.78 Å². The Bertz CT molecular complexity index is 368. The standard InChI is InChI=1S/C9H11N3O4/c1-16-7(9(14)15)5-12-8(13)6-4-10-2-3-11-6/h2-4,7H,5H2,1H3,(H,12,13)(H,14,15). The number of carboxylic acids is 1. The lowest BCUT2D eigenvalue weighted by atomic mass is 10.3. The number of hydrogen-bond donors (Lipinski definition) is 2. The zero-order valence-corrected chi connectivity index (χ0v) is 8.58. The van der Waals surface area contributed by atoms with Crippen LogP contribution in [-0.4, -0.2) is 46.7 Å². The highest BCUT2D eigenvalue weighted by atomic mass is 16.5. The van der Waals surface area contributed by atoms with Gasteiger partial charge in [0.1, 0.15) is 5.69 Å². The number of nitrogens with zero attached hydrogens (tertiary/aromatic N) is 2. The normalized spacial score (nSPS) is 11.8. The molecule has 0 saturated carbocycles. The van der Waals surface area contributed by atoms with Crippen LogP contribution in [0.4, 0.5) is 0 Å². The van der Waals surface area contributed by atoms with E-state index in [0.717, 1.165) is 0 Å². The van der Waals surface area contributed by atoms with Gasteiger partial charge in [-0.3, -0.25) is 9.78 Å². The number of nitrogens with one attached hydrogen (secondary N) is 1. The van der Waals surface area contributed by atoms with Crippen LogP contribution in [0.1, 0.15) is 10.5 Å². The van der Waals surface area contributed by atoms with Gasteiger partial charge in [-0.05, 0) is 0 Å². The smallest absolute Gasteiger partial charge is 0.334 e. The number of aromatic nitrogens is 2. The van der Waals surface area contributed by atoms with Crippen molar-refractivity contribution in [2.45, 2.75) is 6.10 Å². The third-order valence-electron chi connectivity index (χ3n) is 1.80. The van der Waals surface area contributed by atoms with Crippen LogP contribution >= 0.6 is 0 Å². The zero-order chi connectivity index (χ0) is 12.0. The fourth-order valence-corrected chi connectivity index (χ4v) is 0.964. The fraction of sp³-hybridized carbons (Fsp3) is 0.333. The van der Waals surface area contributed by atoms with Crippen LogP contribution in [0.5, 0.6) is 0 Å². The summed E-state index contributed by atoms with van der Waals surface area (Å²) in [7, 11) is 1.26. The van der Waals surface area contributed by atoms with Crippen LogP contribution in [0, 0.1) is 0 Å². The second-order valence-electron chi connectivity index (χ2n) is 2.86. The van der Waals surface area contributed by atoms with E-state index in [1.54, 1.807) is 0 Å². The molecule has 0 aliphatic carbocycles. The Balaban J connectivity index is 2.50. The first-order valence-electron chi connectivity index (χ1n) is 4.45. The van der Waals surface area contributed by atoms with E-state index >= 15 is 0 Å². The summed E-state index contributed by atoms with van der Waals surface area (Å²) < 4.78 is 4.65. The molecule has 7 nitrogen and oxygen atoms in total. The summed E-state index contributed by atoms with van der Waals surface area (Å²) in [4.78, 5) is 29.5. The molecule has 7 heteroatoms. The van der Waals surface area contributed by atoms with Gasteiger partial charge in [-0.2, -0.15) is 0 Å². The summed E-state index contributed by atoms with van der Waals surface area (Å²) >= 11 is 0. The van der Waals surface area contributed by atoms with Crippen molar-refractivity contribution in [2.75, 3.05) is 13.7 Å². The van der Waals surface area contributed by atoms with E-state index in [4.69, 9.17) is 5.11 Å². The maximum absolute atomic E-state index is 11.4. The first kappa shape index (κ1) is 12.1. The number of methoxy groups -OCH3 is 1. The van der Waals surface area contributed by atoms with Gasteiger partial charge in [0, 0.05) is 19.5 Å².